The number of nitrogens with zero attached hydrogens (tertiary/aromatic N) is 1. The van der Waals surface area contributed by atoms with E-state index in [1.54, 1.807) is 0 Å². The molecule has 1 aliphatic heterocycles. The first-order valence-corrected chi connectivity index (χ1v) is 9.39. The van der Waals surface area contributed by atoms with Gasteiger partial charge in [-0.15, -0.1) is 0 Å². The number of rotatable bonds is 6. The monoisotopic (exact) mass is 402 g/mol. The number of hydrogen-bond donors (Lipinski definition) is 1. The lowest BCUT2D eigenvalue weighted by Crippen LogP contribution is -2.37. The molecule has 1 saturated carbocycles. The first kappa shape index (κ1) is 20.5. The summed E-state index contributed by atoms with van der Waals surface area (Å²) in [5.41, 5.74) is 0.741. The fraction of sp³-hybridized carbons (Fsp3) is 0.450. The fourth-order valence-corrected chi connectivity index (χ4v) is 3.71. The van der Waals surface area contributed by atoms with Gasteiger partial charge >= 0.3 is 11.9 Å². The molecule has 9 heteroatoms. The van der Waals surface area contributed by atoms with E-state index in [0.29, 0.717) is 24.1 Å². The van der Waals surface area contributed by atoms with Gasteiger partial charge in [0.05, 0.1) is 24.5 Å². The molecule has 2 atom stereocenters. The molecule has 1 aliphatic carbocycles. The Hall–Kier alpha value is -3.23. The van der Waals surface area contributed by atoms with E-state index in [4.69, 9.17) is 4.74 Å². The normalized spacial score (nSPS) is 20.8. The van der Waals surface area contributed by atoms with Crippen molar-refractivity contribution in [1.29, 1.82) is 0 Å². The summed E-state index contributed by atoms with van der Waals surface area (Å²) in [6.07, 6.45) is 3.13. The summed E-state index contributed by atoms with van der Waals surface area (Å²) in [7, 11) is 1.27. The predicted octanol–water partition coefficient (Wildman–Crippen LogP) is 1.13. The fourth-order valence-electron chi connectivity index (χ4n) is 3.71. The number of carbonyl (C=O) groups excluding carboxylic acids is 5. The second-order valence-electron chi connectivity index (χ2n) is 7.04. The molecule has 0 unspecified atom stereocenters. The second kappa shape index (κ2) is 8.85. The highest BCUT2D eigenvalue weighted by atomic mass is 16.5. The Bertz CT molecular complexity index is 810. The zero-order chi connectivity index (χ0) is 21.0. The highest BCUT2D eigenvalue weighted by molar-refractivity contribution is 6.07. The van der Waals surface area contributed by atoms with Gasteiger partial charge in [0.1, 0.15) is 6.54 Å². The molecular weight excluding hydrogens is 380 g/mol. The minimum atomic E-state index is -0.818. The van der Waals surface area contributed by atoms with Crippen LogP contribution < -0.4 is 5.32 Å². The molecule has 3 rings (SSSR count). The summed E-state index contributed by atoms with van der Waals surface area (Å²) in [6, 6.07) is 5.99. The number of methoxy groups -OCH3 is 1. The summed E-state index contributed by atoms with van der Waals surface area (Å²) in [4.78, 5) is 61.0. The summed E-state index contributed by atoms with van der Waals surface area (Å²) in [5.74, 6) is -3.22. The highest BCUT2D eigenvalue weighted by Gasteiger charge is 2.48. The van der Waals surface area contributed by atoms with Crippen LogP contribution in [0.25, 0.3) is 0 Å². The summed E-state index contributed by atoms with van der Waals surface area (Å²) < 4.78 is 9.48. The third-order valence-corrected chi connectivity index (χ3v) is 5.17. The summed E-state index contributed by atoms with van der Waals surface area (Å²) >= 11 is 0. The third kappa shape index (κ3) is 4.61. The van der Waals surface area contributed by atoms with Crippen LogP contribution in [0.5, 0.6) is 0 Å². The quantitative estimate of drug-likeness (QED) is 0.559. The Labute approximate surface area is 167 Å². The first-order chi connectivity index (χ1) is 13.9. The van der Waals surface area contributed by atoms with Crippen molar-refractivity contribution in [2.24, 2.45) is 11.8 Å². The molecule has 0 bridgehead atoms. The number of carbonyl (C=O) groups is 5. The van der Waals surface area contributed by atoms with Crippen molar-refractivity contribution >= 4 is 35.3 Å². The van der Waals surface area contributed by atoms with Crippen molar-refractivity contribution in [2.75, 3.05) is 25.6 Å². The topological polar surface area (TPSA) is 119 Å². The van der Waals surface area contributed by atoms with E-state index in [2.05, 4.69) is 10.1 Å². The van der Waals surface area contributed by atoms with E-state index in [0.717, 1.165) is 17.7 Å². The van der Waals surface area contributed by atoms with Crippen LogP contribution in [0.15, 0.2) is 24.3 Å². The minimum absolute atomic E-state index is 0.327. The van der Waals surface area contributed by atoms with E-state index in [9.17, 15) is 24.0 Å². The first-order valence-electron chi connectivity index (χ1n) is 9.39. The van der Waals surface area contributed by atoms with Crippen molar-refractivity contribution < 1.29 is 33.4 Å². The number of hydrogen-bond acceptors (Lipinski definition) is 7. The number of nitrogens with one attached hydrogen (secondary N) is 1. The van der Waals surface area contributed by atoms with Crippen LogP contribution in [0.4, 0.5) is 5.69 Å². The number of likely N-dealkylation sites (tertiary alicyclic amines) is 1. The molecule has 1 heterocycles. The van der Waals surface area contributed by atoms with Crippen molar-refractivity contribution in [3.63, 3.8) is 0 Å². The van der Waals surface area contributed by atoms with Crippen LogP contribution in [0.3, 0.4) is 0 Å². The van der Waals surface area contributed by atoms with E-state index >= 15 is 0 Å². The molecule has 2 fully saturated rings. The van der Waals surface area contributed by atoms with Crippen LogP contribution in [0, 0.1) is 11.8 Å². The van der Waals surface area contributed by atoms with Gasteiger partial charge in [0.25, 0.3) is 5.91 Å². The van der Waals surface area contributed by atoms with Crippen molar-refractivity contribution in [1.82, 2.24) is 4.90 Å². The SMILES string of the molecule is COC(=O)c1ccc(NC(=O)COC(=O)CN2C(=O)[C@H]3CCCC[C@H]3C2=O)cc1. The maximum atomic E-state index is 12.3. The molecule has 3 amide bonds. The predicted molar refractivity (Wildman–Crippen MR) is 99.5 cm³/mol. The number of ether oxygens (including phenoxy) is 2. The summed E-state index contributed by atoms with van der Waals surface area (Å²) in [6.45, 7) is -1.04. The van der Waals surface area contributed by atoms with Crippen molar-refractivity contribution in [2.45, 2.75) is 25.7 Å². The van der Waals surface area contributed by atoms with Gasteiger partial charge in [-0.3, -0.25) is 24.1 Å². The Morgan fingerprint density at radius 2 is 1.62 bits per heavy atom. The Morgan fingerprint density at radius 1 is 1.03 bits per heavy atom. The largest absolute Gasteiger partial charge is 0.465 e. The van der Waals surface area contributed by atoms with Crippen molar-refractivity contribution in [3.05, 3.63) is 29.8 Å². The average Bonchev–Trinajstić information content (AvgIpc) is 2.97. The molecule has 29 heavy (non-hydrogen) atoms. The molecule has 1 aromatic rings. The van der Waals surface area contributed by atoms with Crippen LogP contribution >= 0.6 is 0 Å². The lowest BCUT2D eigenvalue weighted by atomic mass is 9.81. The van der Waals surface area contributed by atoms with Gasteiger partial charge in [-0.2, -0.15) is 0 Å². The van der Waals surface area contributed by atoms with E-state index in [1.807, 2.05) is 0 Å². The molecule has 0 aromatic heterocycles. The van der Waals surface area contributed by atoms with Gasteiger partial charge in [0.15, 0.2) is 6.61 Å². The second-order valence-corrected chi connectivity index (χ2v) is 7.04. The lowest BCUT2D eigenvalue weighted by Gasteiger charge is -2.19. The molecule has 1 saturated heterocycles. The molecule has 0 spiro atoms. The zero-order valence-corrected chi connectivity index (χ0v) is 16.0. The van der Waals surface area contributed by atoms with Crippen LogP contribution in [0.1, 0.15) is 36.0 Å². The number of imide groups is 1. The standard InChI is InChI=1S/C20H22N2O7/c1-28-20(27)12-6-8-13(9-7-12)21-16(23)11-29-17(24)10-22-18(25)14-4-2-3-5-15(14)19(22)26/h6-9,14-15H,2-5,10-11H2,1H3,(H,21,23)/t14-,15+. The van der Waals surface area contributed by atoms with Gasteiger partial charge in [-0.1, -0.05) is 12.8 Å². The van der Waals surface area contributed by atoms with Gasteiger partial charge in [0, 0.05) is 5.69 Å². The number of anilines is 1. The molecular formula is C20H22N2O7. The molecule has 0 radical (unpaired) electrons. The van der Waals surface area contributed by atoms with Crippen LogP contribution in [0.2, 0.25) is 0 Å². The number of fused-ring (bicyclic) bond motifs is 1. The molecule has 1 aromatic carbocycles. The zero-order valence-electron chi connectivity index (χ0n) is 16.0. The molecule has 2 aliphatic rings. The third-order valence-electron chi connectivity index (χ3n) is 5.17. The van der Waals surface area contributed by atoms with Crippen LogP contribution in [-0.4, -0.2) is 54.8 Å². The number of esters is 2. The molecule has 9 nitrogen and oxygen atoms in total. The number of benzene rings is 1. The maximum absolute atomic E-state index is 12.3. The lowest BCUT2D eigenvalue weighted by molar-refractivity contribution is -0.154. The Balaban J connectivity index is 1.46. The Kier molecular flexibility index (Phi) is 6.26. The summed E-state index contributed by atoms with van der Waals surface area (Å²) in [5, 5.41) is 2.52. The minimum Gasteiger partial charge on any atom is -0.465 e. The van der Waals surface area contributed by atoms with Crippen molar-refractivity contribution in [3.8, 4) is 0 Å². The van der Waals surface area contributed by atoms with Gasteiger partial charge in [-0.05, 0) is 37.1 Å². The average molecular weight is 402 g/mol. The molecule has 1 N–H and O–H groups in total. The van der Waals surface area contributed by atoms with E-state index < -0.39 is 31.0 Å². The van der Waals surface area contributed by atoms with Gasteiger partial charge in [0.2, 0.25) is 11.8 Å². The van der Waals surface area contributed by atoms with Gasteiger partial charge < -0.3 is 14.8 Å². The smallest absolute Gasteiger partial charge is 0.337 e. The van der Waals surface area contributed by atoms with Crippen LogP contribution in [-0.2, 0) is 28.7 Å². The maximum Gasteiger partial charge on any atom is 0.337 e. The highest BCUT2D eigenvalue weighted by Crippen LogP contribution is 2.37. The number of amides is 3. The Morgan fingerprint density at radius 3 is 2.17 bits per heavy atom. The van der Waals surface area contributed by atoms with Gasteiger partial charge in [-0.25, -0.2) is 4.79 Å². The van der Waals surface area contributed by atoms with E-state index in [1.165, 1.54) is 31.4 Å². The van der Waals surface area contributed by atoms with E-state index in [-0.39, 0.29) is 23.7 Å². The molecule has 154 valence electrons.